The molecule has 1 saturated heterocycles. The fraction of sp³-hybridized carbons (Fsp3) is 1.00. The van der Waals surface area contributed by atoms with Gasteiger partial charge in [0.25, 0.3) is 0 Å². The van der Waals surface area contributed by atoms with Crippen molar-refractivity contribution in [1.82, 2.24) is 10.2 Å². The average Bonchev–Trinajstić information content (AvgIpc) is 3.22. The molecule has 1 heterocycles. The topological polar surface area (TPSA) is 35.5 Å². The van der Waals surface area contributed by atoms with Crippen LogP contribution in [0.5, 0.6) is 0 Å². The van der Waals surface area contributed by atoms with E-state index in [0.29, 0.717) is 18.7 Å². The molecule has 3 nitrogen and oxygen atoms in total. The number of nitrogens with zero attached hydrogens (tertiary/aromatic N) is 1. The first-order valence-electron chi connectivity index (χ1n) is 8.87. The van der Waals surface area contributed by atoms with Gasteiger partial charge in [-0.05, 0) is 70.4 Å². The van der Waals surface area contributed by atoms with E-state index in [1.54, 1.807) is 0 Å². The largest absolute Gasteiger partial charge is 0.394 e. The highest BCUT2D eigenvalue weighted by molar-refractivity contribution is 5.03. The molecule has 2 N–H and O–H groups in total. The summed E-state index contributed by atoms with van der Waals surface area (Å²) < 4.78 is 0. The lowest BCUT2D eigenvalue weighted by atomic mass is 9.97. The van der Waals surface area contributed by atoms with E-state index in [0.717, 1.165) is 12.3 Å². The quantitative estimate of drug-likeness (QED) is 0.812. The number of nitrogens with one attached hydrogen (secondary N) is 1. The van der Waals surface area contributed by atoms with E-state index in [1.807, 2.05) is 0 Å². The van der Waals surface area contributed by atoms with Crippen LogP contribution in [0.15, 0.2) is 0 Å². The Bertz CT molecular complexity index is 318. The van der Waals surface area contributed by atoms with Crippen LogP contribution in [0.1, 0.15) is 64.7 Å². The fourth-order valence-corrected chi connectivity index (χ4v) is 4.35. The summed E-state index contributed by atoms with van der Waals surface area (Å²) in [6, 6.07) is 1.42. The Morgan fingerprint density at radius 2 is 2.00 bits per heavy atom. The van der Waals surface area contributed by atoms with Crippen LogP contribution in [0.25, 0.3) is 0 Å². The van der Waals surface area contributed by atoms with Gasteiger partial charge in [-0.3, -0.25) is 0 Å². The molecule has 0 aromatic carbocycles. The molecule has 0 aromatic heterocycles. The second-order valence-electron chi connectivity index (χ2n) is 7.49. The third-order valence-electron chi connectivity index (χ3n) is 5.95. The van der Waals surface area contributed by atoms with Crippen LogP contribution >= 0.6 is 0 Å². The van der Waals surface area contributed by atoms with Gasteiger partial charge in [-0.15, -0.1) is 0 Å². The van der Waals surface area contributed by atoms with Gasteiger partial charge in [-0.2, -0.15) is 0 Å². The zero-order valence-corrected chi connectivity index (χ0v) is 13.1. The summed E-state index contributed by atoms with van der Waals surface area (Å²) in [4.78, 5) is 2.74. The Balaban J connectivity index is 1.55. The molecule has 0 bridgehead atoms. The fourth-order valence-electron chi connectivity index (χ4n) is 4.35. The normalized spacial score (nSPS) is 39.9. The molecule has 1 aliphatic heterocycles. The smallest absolute Gasteiger partial charge is 0.0614 e. The first-order chi connectivity index (χ1) is 9.74. The molecule has 2 saturated carbocycles. The summed E-state index contributed by atoms with van der Waals surface area (Å²) in [7, 11) is 0. The van der Waals surface area contributed by atoms with Crippen LogP contribution in [-0.4, -0.2) is 47.3 Å². The molecule has 0 aromatic rings. The van der Waals surface area contributed by atoms with Gasteiger partial charge >= 0.3 is 0 Å². The van der Waals surface area contributed by atoms with E-state index in [1.165, 1.54) is 64.5 Å². The van der Waals surface area contributed by atoms with Crippen molar-refractivity contribution in [2.45, 2.75) is 82.3 Å². The number of hydrogen-bond acceptors (Lipinski definition) is 3. The summed E-state index contributed by atoms with van der Waals surface area (Å²) in [6.45, 7) is 5.23. The lowest BCUT2D eigenvalue weighted by Crippen LogP contribution is -2.49. The zero-order valence-electron chi connectivity index (χ0n) is 13.1. The van der Waals surface area contributed by atoms with E-state index < -0.39 is 0 Å². The Morgan fingerprint density at radius 3 is 2.70 bits per heavy atom. The lowest BCUT2D eigenvalue weighted by molar-refractivity contribution is 0.141. The molecule has 3 fully saturated rings. The number of hydrogen-bond donors (Lipinski definition) is 2. The second-order valence-corrected chi connectivity index (χ2v) is 7.49. The standard InChI is InChI=1S/C17H32N2O/c1-2-14-4-3-10-19(11-8-14)16-7-9-17(12-16,13-20)18-15-5-6-15/h14-16,18,20H,2-13H2,1H3. The van der Waals surface area contributed by atoms with Gasteiger partial charge in [0, 0.05) is 17.6 Å². The first-order valence-corrected chi connectivity index (χ1v) is 8.87. The Morgan fingerprint density at radius 1 is 1.15 bits per heavy atom. The van der Waals surface area contributed by atoms with E-state index >= 15 is 0 Å². The van der Waals surface area contributed by atoms with Crippen molar-refractivity contribution in [3.05, 3.63) is 0 Å². The molecule has 0 amide bonds. The molecule has 0 radical (unpaired) electrons. The average molecular weight is 280 g/mol. The minimum Gasteiger partial charge on any atom is -0.394 e. The summed E-state index contributed by atoms with van der Waals surface area (Å²) in [5.41, 5.74) is 0.0439. The number of likely N-dealkylation sites (tertiary alicyclic amines) is 1. The van der Waals surface area contributed by atoms with Crippen LogP contribution in [0.3, 0.4) is 0 Å². The SMILES string of the molecule is CCC1CCCN(C2CCC(CO)(NC3CC3)C2)CC1. The van der Waals surface area contributed by atoms with Crippen molar-refractivity contribution in [3.63, 3.8) is 0 Å². The van der Waals surface area contributed by atoms with Crippen LogP contribution in [0.2, 0.25) is 0 Å². The van der Waals surface area contributed by atoms with E-state index in [4.69, 9.17) is 0 Å². The lowest BCUT2D eigenvalue weighted by Gasteiger charge is -2.32. The molecule has 116 valence electrons. The van der Waals surface area contributed by atoms with Crippen LogP contribution < -0.4 is 5.32 Å². The Hall–Kier alpha value is -0.120. The monoisotopic (exact) mass is 280 g/mol. The maximum atomic E-state index is 9.86. The molecule has 3 heteroatoms. The molecule has 3 aliphatic rings. The van der Waals surface area contributed by atoms with E-state index in [-0.39, 0.29) is 5.54 Å². The highest BCUT2D eigenvalue weighted by Gasteiger charge is 2.43. The number of aliphatic hydroxyl groups excluding tert-OH is 1. The van der Waals surface area contributed by atoms with Crippen molar-refractivity contribution in [1.29, 1.82) is 0 Å². The van der Waals surface area contributed by atoms with Gasteiger partial charge in [-0.25, -0.2) is 0 Å². The molecular formula is C17H32N2O. The molecular weight excluding hydrogens is 248 g/mol. The van der Waals surface area contributed by atoms with Gasteiger partial charge in [0.05, 0.1) is 6.61 Å². The third kappa shape index (κ3) is 3.37. The molecule has 3 atom stereocenters. The predicted molar refractivity (Wildman–Crippen MR) is 82.8 cm³/mol. The highest BCUT2D eigenvalue weighted by atomic mass is 16.3. The third-order valence-corrected chi connectivity index (χ3v) is 5.95. The summed E-state index contributed by atoms with van der Waals surface area (Å²) in [5.74, 6) is 0.952. The summed E-state index contributed by atoms with van der Waals surface area (Å²) in [5, 5.41) is 13.6. The minimum atomic E-state index is 0.0439. The predicted octanol–water partition coefficient (Wildman–Crippen LogP) is 2.53. The zero-order chi connectivity index (χ0) is 14.0. The van der Waals surface area contributed by atoms with Crippen LogP contribution in [-0.2, 0) is 0 Å². The molecule has 3 unspecified atom stereocenters. The molecule has 3 rings (SSSR count). The molecule has 2 aliphatic carbocycles. The van der Waals surface area contributed by atoms with Crippen LogP contribution in [0, 0.1) is 5.92 Å². The van der Waals surface area contributed by atoms with E-state index in [2.05, 4.69) is 17.1 Å². The first kappa shape index (κ1) is 14.8. The minimum absolute atomic E-state index is 0.0439. The number of aliphatic hydroxyl groups is 1. The maximum Gasteiger partial charge on any atom is 0.0614 e. The summed E-state index contributed by atoms with van der Waals surface area (Å²) in [6.07, 6.45) is 11.8. The highest BCUT2D eigenvalue weighted by Crippen LogP contribution is 2.37. The molecule has 0 spiro atoms. The molecule has 20 heavy (non-hydrogen) atoms. The Kier molecular flexibility index (Phi) is 4.68. The second kappa shape index (κ2) is 6.33. The van der Waals surface area contributed by atoms with Crippen molar-refractivity contribution >= 4 is 0 Å². The van der Waals surface area contributed by atoms with E-state index in [9.17, 15) is 5.11 Å². The van der Waals surface area contributed by atoms with Gasteiger partial charge < -0.3 is 15.3 Å². The number of rotatable bonds is 5. The van der Waals surface area contributed by atoms with Gasteiger partial charge in [0.2, 0.25) is 0 Å². The van der Waals surface area contributed by atoms with Crippen molar-refractivity contribution < 1.29 is 5.11 Å². The van der Waals surface area contributed by atoms with Gasteiger partial charge in [0.1, 0.15) is 0 Å². The Labute approximate surface area is 124 Å². The van der Waals surface area contributed by atoms with Gasteiger partial charge in [0.15, 0.2) is 0 Å². The van der Waals surface area contributed by atoms with Gasteiger partial charge in [-0.1, -0.05) is 13.3 Å². The van der Waals surface area contributed by atoms with Crippen molar-refractivity contribution in [3.8, 4) is 0 Å². The van der Waals surface area contributed by atoms with Crippen LogP contribution in [0.4, 0.5) is 0 Å². The summed E-state index contributed by atoms with van der Waals surface area (Å²) >= 11 is 0. The van der Waals surface area contributed by atoms with Crippen molar-refractivity contribution in [2.75, 3.05) is 19.7 Å². The maximum absolute atomic E-state index is 9.86. The van der Waals surface area contributed by atoms with Crippen molar-refractivity contribution in [2.24, 2.45) is 5.92 Å².